The number of benzene rings is 2. The number of aliphatic carboxylic acids is 1. The van der Waals surface area contributed by atoms with E-state index in [0.717, 1.165) is 22.3 Å². The molecular formula is C26H33N3O5. The molecule has 0 saturated heterocycles. The smallest absolute Gasteiger partial charge is 0.407 e. The first-order chi connectivity index (χ1) is 16.2. The summed E-state index contributed by atoms with van der Waals surface area (Å²) in [7, 11) is 3.73. The predicted molar refractivity (Wildman–Crippen MR) is 130 cm³/mol. The quantitative estimate of drug-likeness (QED) is 0.557. The highest BCUT2D eigenvalue weighted by Gasteiger charge is 2.31. The van der Waals surface area contributed by atoms with Crippen molar-refractivity contribution in [3.63, 3.8) is 0 Å². The van der Waals surface area contributed by atoms with Crippen LogP contribution in [0.4, 0.5) is 4.79 Å². The summed E-state index contributed by atoms with van der Waals surface area (Å²) in [5.41, 5.74) is 4.47. The van der Waals surface area contributed by atoms with Gasteiger partial charge in [-0.2, -0.15) is 0 Å². The molecule has 2 aromatic carbocycles. The average molecular weight is 468 g/mol. The van der Waals surface area contributed by atoms with Gasteiger partial charge in [0.05, 0.1) is 0 Å². The van der Waals surface area contributed by atoms with Crippen molar-refractivity contribution in [1.82, 2.24) is 15.1 Å². The van der Waals surface area contributed by atoms with E-state index in [9.17, 15) is 19.5 Å². The van der Waals surface area contributed by atoms with Crippen LogP contribution in [0.15, 0.2) is 48.5 Å². The number of carboxylic acids is 1. The first-order valence-electron chi connectivity index (χ1n) is 11.5. The summed E-state index contributed by atoms with van der Waals surface area (Å²) < 4.78 is 5.60. The number of ether oxygens (including phenoxy) is 1. The summed E-state index contributed by atoms with van der Waals surface area (Å²) in [4.78, 5) is 40.3. The third kappa shape index (κ3) is 5.94. The van der Waals surface area contributed by atoms with Crippen molar-refractivity contribution in [2.75, 3.05) is 33.8 Å². The summed E-state index contributed by atoms with van der Waals surface area (Å²) in [5, 5.41) is 11.9. The van der Waals surface area contributed by atoms with E-state index in [-0.39, 0.29) is 18.6 Å². The summed E-state index contributed by atoms with van der Waals surface area (Å²) in [6.07, 6.45) is -0.364. The second-order valence-corrected chi connectivity index (χ2v) is 9.07. The Morgan fingerprint density at radius 1 is 1.00 bits per heavy atom. The standard InChI is InChI=1S/C26H33N3O5/c1-17(2)29(15-24(30)31)25(32)23(13-14-28(3)4)27-26(33)34-16-22-20-11-7-5-9-18(20)19-10-6-8-12-21(19)22/h5-12,17,22-23H,13-16H2,1-4H3,(H,27,33)(H,30,31). The lowest BCUT2D eigenvalue weighted by molar-refractivity contribution is -0.146. The van der Waals surface area contributed by atoms with Gasteiger partial charge in [0.1, 0.15) is 19.2 Å². The Bertz CT molecular complexity index is 991. The largest absolute Gasteiger partial charge is 0.480 e. The SMILES string of the molecule is CC(C)N(CC(=O)O)C(=O)C(CCN(C)C)NC(=O)OCC1c2ccccc2-c2ccccc21. The lowest BCUT2D eigenvalue weighted by atomic mass is 9.98. The van der Waals surface area contributed by atoms with Crippen LogP contribution in [0.5, 0.6) is 0 Å². The van der Waals surface area contributed by atoms with Crippen molar-refractivity contribution < 1.29 is 24.2 Å². The molecule has 0 aromatic heterocycles. The number of rotatable bonds is 10. The maximum atomic E-state index is 13.1. The number of carbonyl (C=O) groups is 3. The Labute approximate surface area is 200 Å². The van der Waals surface area contributed by atoms with Crippen LogP contribution in [0.25, 0.3) is 11.1 Å². The molecule has 0 radical (unpaired) electrons. The third-order valence-electron chi connectivity index (χ3n) is 6.01. The number of amides is 2. The number of nitrogens with one attached hydrogen (secondary N) is 1. The van der Waals surface area contributed by atoms with Crippen LogP contribution in [-0.4, -0.2) is 78.8 Å². The van der Waals surface area contributed by atoms with E-state index in [1.54, 1.807) is 13.8 Å². The summed E-state index contributed by atoms with van der Waals surface area (Å²) >= 11 is 0. The monoisotopic (exact) mass is 467 g/mol. The van der Waals surface area contributed by atoms with E-state index in [2.05, 4.69) is 17.4 Å². The molecule has 182 valence electrons. The van der Waals surface area contributed by atoms with Crippen molar-refractivity contribution in [3.8, 4) is 11.1 Å². The van der Waals surface area contributed by atoms with Gasteiger partial charge in [-0.1, -0.05) is 48.5 Å². The number of hydrogen-bond acceptors (Lipinski definition) is 5. The minimum absolute atomic E-state index is 0.0896. The fourth-order valence-electron chi connectivity index (χ4n) is 4.29. The van der Waals surface area contributed by atoms with E-state index < -0.39 is 30.6 Å². The fraction of sp³-hybridized carbons (Fsp3) is 0.423. The lowest BCUT2D eigenvalue weighted by Gasteiger charge is -2.30. The molecule has 0 spiro atoms. The highest BCUT2D eigenvalue weighted by molar-refractivity contribution is 5.88. The summed E-state index contributed by atoms with van der Waals surface area (Å²) in [6, 6.07) is 14.9. The van der Waals surface area contributed by atoms with Gasteiger partial charge in [0, 0.05) is 12.0 Å². The molecule has 0 fully saturated rings. The minimum Gasteiger partial charge on any atom is -0.480 e. The molecule has 0 heterocycles. The Morgan fingerprint density at radius 3 is 2.06 bits per heavy atom. The number of nitrogens with zero attached hydrogens (tertiary/aromatic N) is 2. The molecule has 1 aliphatic carbocycles. The molecule has 2 N–H and O–H groups in total. The third-order valence-corrected chi connectivity index (χ3v) is 6.01. The molecular weight excluding hydrogens is 434 g/mol. The van der Waals surface area contributed by atoms with Crippen molar-refractivity contribution in [2.24, 2.45) is 0 Å². The number of hydrogen-bond donors (Lipinski definition) is 2. The first kappa shape index (κ1) is 25.2. The Hall–Kier alpha value is -3.39. The van der Waals surface area contributed by atoms with Gasteiger partial charge < -0.3 is 25.0 Å². The molecule has 1 aliphatic rings. The molecule has 0 saturated carbocycles. The maximum Gasteiger partial charge on any atom is 0.407 e. The van der Waals surface area contributed by atoms with Gasteiger partial charge in [-0.05, 0) is 63.2 Å². The summed E-state index contributed by atoms with van der Waals surface area (Å²) in [5.74, 6) is -1.63. The zero-order valence-electron chi connectivity index (χ0n) is 20.2. The topological polar surface area (TPSA) is 99.2 Å². The molecule has 34 heavy (non-hydrogen) atoms. The lowest BCUT2D eigenvalue weighted by Crippen LogP contribution is -2.53. The second-order valence-electron chi connectivity index (χ2n) is 9.07. The van der Waals surface area contributed by atoms with Gasteiger partial charge in [0.25, 0.3) is 0 Å². The molecule has 2 aromatic rings. The van der Waals surface area contributed by atoms with Crippen molar-refractivity contribution in [3.05, 3.63) is 59.7 Å². The van der Waals surface area contributed by atoms with Crippen LogP contribution in [0, 0.1) is 0 Å². The first-order valence-corrected chi connectivity index (χ1v) is 11.5. The van der Waals surface area contributed by atoms with Gasteiger partial charge in [-0.3, -0.25) is 9.59 Å². The maximum absolute atomic E-state index is 13.1. The number of carboxylic acid groups (broad SMARTS) is 1. The minimum atomic E-state index is -1.10. The van der Waals surface area contributed by atoms with Crippen LogP contribution in [0.2, 0.25) is 0 Å². The van der Waals surface area contributed by atoms with Gasteiger partial charge >= 0.3 is 12.1 Å². The van der Waals surface area contributed by atoms with E-state index in [1.807, 2.05) is 55.4 Å². The zero-order valence-corrected chi connectivity index (χ0v) is 20.2. The predicted octanol–water partition coefficient (Wildman–Crippen LogP) is 3.17. The Morgan fingerprint density at radius 2 is 1.56 bits per heavy atom. The molecule has 1 unspecified atom stereocenters. The molecule has 8 heteroatoms. The van der Waals surface area contributed by atoms with Gasteiger partial charge in [0.15, 0.2) is 0 Å². The van der Waals surface area contributed by atoms with Crippen molar-refractivity contribution in [1.29, 1.82) is 0 Å². The average Bonchev–Trinajstić information content (AvgIpc) is 3.11. The van der Waals surface area contributed by atoms with E-state index in [0.29, 0.717) is 13.0 Å². The Balaban J connectivity index is 1.71. The number of fused-ring (bicyclic) bond motifs is 3. The molecule has 0 aliphatic heterocycles. The summed E-state index contributed by atoms with van der Waals surface area (Å²) in [6.45, 7) is 3.74. The molecule has 1 atom stereocenters. The fourth-order valence-corrected chi connectivity index (χ4v) is 4.29. The highest BCUT2D eigenvalue weighted by atomic mass is 16.5. The van der Waals surface area contributed by atoms with Gasteiger partial charge in [-0.25, -0.2) is 4.79 Å². The zero-order chi connectivity index (χ0) is 24.8. The van der Waals surface area contributed by atoms with Crippen LogP contribution >= 0.6 is 0 Å². The second kappa shape index (κ2) is 11.2. The number of carbonyl (C=O) groups excluding carboxylic acids is 2. The Kier molecular flexibility index (Phi) is 8.28. The normalized spacial score (nSPS) is 13.4. The van der Waals surface area contributed by atoms with E-state index in [4.69, 9.17) is 4.74 Å². The van der Waals surface area contributed by atoms with Crippen LogP contribution in [-0.2, 0) is 14.3 Å². The molecule has 2 amide bonds. The number of alkyl carbamates (subject to hydrolysis) is 1. The van der Waals surface area contributed by atoms with Crippen LogP contribution in [0.1, 0.15) is 37.3 Å². The van der Waals surface area contributed by atoms with E-state index in [1.165, 1.54) is 4.90 Å². The van der Waals surface area contributed by atoms with E-state index >= 15 is 0 Å². The van der Waals surface area contributed by atoms with Crippen molar-refractivity contribution >= 4 is 18.0 Å². The van der Waals surface area contributed by atoms with Crippen LogP contribution < -0.4 is 5.32 Å². The van der Waals surface area contributed by atoms with Crippen molar-refractivity contribution in [2.45, 2.75) is 38.3 Å². The molecule has 8 nitrogen and oxygen atoms in total. The molecule has 0 bridgehead atoms. The highest BCUT2D eigenvalue weighted by Crippen LogP contribution is 2.44. The van der Waals surface area contributed by atoms with Gasteiger partial charge in [-0.15, -0.1) is 0 Å². The van der Waals surface area contributed by atoms with Gasteiger partial charge in [0.2, 0.25) is 5.91 Å². The molecule has 3 rings (SSSR count). The van der Waals surface area contributed by atoms with Crippen LogP contribution in [0.3, 0.4) is 0 Å².